The normalized spacial score (nSPS) is 11.7. The third kappa shape index (κ3) is 4.83. The zero-order valence-corrected chi connectivity index (χ0v) is 29.0. The summed E-state index contributed by atoms with van der Waals surface area (Å²) < 4.78 is 8.68. The number of nitrogens with zero attached hydrogens (tertiary/aromatic N) is 4. The summed E-state index contributed by atoms with van der Waals surface area (Å²) in [7, 11) is 0. The second-order valence-electron chi connectivity index (χ2n) is 13.6. The minimum atomic E-state index is 0.584. The van der Waals surface area contributed by atoms with Crippen molar-refractivity contribution in [2.75, 3.05) is 0 Å². The molecule has 0 N–H and O–H groups in total. The molecule has 0 fully saturated rings. The lowest BCUT2D eigenvalue weighted by atomic mass is 9.99. The van der Waals surface area contributed by atoms with Crippen LogP contribution in [0.25, 0.3) is 105 Å². The van der Waals surface area contributed by atoms with E-state index in [9.17, 15) is 0 Å². The molecule has 0 saturated carbocycles. The van der Waals surface area contributed by atoms with Gasteiger partial charge < -0.3 is 8.98 Å². The van der Waals surface area contributed by atoms with E-state index in [0.717, 1.165) is 82.6 Å². The Morgan fingerprint density at radius 2 is 0.907 bits per heavy atom. The molecule has 0 aliphatic heterocycles. The molecule has 0 unspecified atom stereocenters. The van der Waals surface area contributed by atoms with Crippen molar-refractivity contribution < 1.29 is 4.42 Å². The Morgan fingerprint density at radius 3 is 1.70 bits per heavy atom. The number of rotatable bonds is 5. The summed E-state index contributed by atoms with van der Waals surface area (Å²) in [5, 5.41) is 6.66. The monoisotopic (exact) mass is 690 g/mol. The molecule has 8 aromatic carbocycles. The number of furan rings is 1. The average Bonchev–Trinajstić information content (AvgIpc) is 3.79. The predicted octanol–water partition coefficient (Wildman–Crippen LogP) is 12.7. The van der Waals surface area contributed by atoms with Crippen LogP contribution in [0.4, 0.5) is 0 Å². The summed E-state index contributed by atoms with van der Waals surface area (Å²) in [6.07, 6.45) is 0. The van der Waals surface area contributed by atoms with Crippen LogP contribution in [0.5, 0.6) is 0 Å². The van der Waals surface area contributed by atoms with Crippen LogP contribution in [0.3, 0.4) is 0 Å². The van der Waals surface area contributed by atoms with E-state index in [4.69, 9.17) is 19.4 Å². The third-order valence-electron chi connectivity index (χ3n) is 10.5. The Kier molecular flexibility index (Phi) is 6.79. The van der Waals surface area contributed by atoms with Crippen molar-refractivity contribution in [2.24, 2.45) is 0 Å². The van der Waals surface area contributed by atoms with E-state index >= 15 is 0 Å². The molecule has 0 amide bonds. The van der Waals surface area contributed by atoms with Gasteiger partial charge in [-0.2, -0.15) is 0 Å². The van der Waals surface area contributed by atoms with Crippen LogP contribution >= 0.6 is 0 Å². The van der Waals surface area contributed by atoms with Crippen molar-refractivity contribution in [1.82, 2.24) is 19.5 Å². The van der Waals surface area contributed by atoms with E-state index in [1.165, 1.54) is 5.39 Å². The molecule has 0 radical (unpaired) electrons. The second-order valence-corrected chi connectivity index (χ2v) is 13.6. The Balaban J connectivity index is 1.17. The molecule has 5 nitrogen and oxygen atoms in total. The lowest BCUT2D eigenvalue weighted by Gasteiger charge is -2.13. The lowest BCUT2D eigenvalue weighted by molar-refractivity contribution is 0.669. The number of benzene rings is 8. The first-order chi connectivity index (χ1) is 26.8. The van der Waals surface area contributed by atoms with Gasteiger partial charge >= 0.3 is 0 Å². The van der Waals surface area contributed by atoms with Gasteiger partial charge in [0, 0.05) is 49.3 Å². The Bertz CT molecular complexity index is 3200. The van der Waals surface area contributed by atoms with Crippen molar-refractivity contribution in [3.05, 3.63) is 182 Å². The van der Waals surface area contributed by atoms with Gasteiger partial charge in [-0.1, -0.05) is 140 Å². The number of hydrogen-bond donors (Lipinski definition) is 0. The molecule has 0 bridgehead atoms. The molecule has 0 aliphatic rings. The van der Waals surface area contributed by atoms with Gasteiger partial charge in [0.05, 0.1) is 11.0 Å². The Hall–Kier alpha value is -7.37. The summed E-state index contributed by atoms with van der Waals surface area (Å²) in [4.78, 5) is 15.6. The third-order valence-corrected chi connectivity index (χ3v) is 10.5. The zero-order chi connectivity index (χ0) is 35.6. The number of hydrogen-bond acceptors (Lipinski definition) is 4. The van der Waals surface area contributed by atoms with Gasteiger partial charge in [-0.05, 0) is 59.0 Å². The van der Waals surface area contributed by atoms with E-state index < -0.39 is 0 Å². The number of para-hydroxylation sites is 3. The van der Waals surface area contributed by atoms with Crippen molar-refractivity contribution in [1.29, 1.82) is 0 Å². The van der Waals surface area contributed by atoms with E-state index in [2.05, 4.69) is 156 Å². The molecule has 3 aromatic heterocycles. The molecule has 0 aliphatic carbocycles. The molecule has 11 aromatic rings. The summed E-state index contributed by atoms with van der Waals surface area (Å²) in [6.45, 7) is 0. The van der Waals surface area contributed by atoms with Crippen molar-refractivity contribution in [2.45, 2.75) is 0 Å². The Morgan fingerprint density at radius 1 is 0.352 bits per heavy atom. The zero-order valence-electron chi connectivity index (χ0n) is 29.0. The first kappa shape index (κ1) is 30.3. The molecular formula is C49H30N4O. The maximum absolute atomic E-state index is 6.31. The van der Waals surface area contributed by atoms with Gasteiger partial charge in [-0.3, -0.25) is 0 Å². The summed E-state index contributed by atoms with van der Waals surface area (Å²) in [6, 6.07) is 63.3. The van der Waals surface area contributed by atoms with Gasteiger partial charge in [0.25, 0.3) is 0 Å². The van der Waals surface area contributed by atoms with Gasteiger partial charge in [0.15, 0.2) is 17.5 Å². The van der Waals surface area contributed by atoms with Crippen molar-refractivity contribution in [3.8, 4) is 51.0 Å². The van der Waals surface area contributed by atoms with E-state index in [1.807, 2.05) is 30.3 Å². The van der Waals surface area contributed by atoms with Crippen LogP contribution < -0.4 is 0 Å². The standard InChI is InChI=1S/C49H30N4O/c1-3-13-31(14-4-1)32-23-25-33(26-24-32)47-50-48(34-27-28-39-38-19-10-12-22-44(38)54-45(39)29-34)52-49(51-47)42-30-41-37-18-9-11-21-43(37)53(35-15-5-2-6-16-35)46(41)40-20-8-7-17-36(40)42/h1-30H. The molecule has 54 heavy (non-hydrogen) atoms. The highest BCUT2D eigenvalue weighted by atomic mass is 16.3. The van der Waals surface area contributed by atoms with Crippen LogP contribution in [0, 0.1) is 0 Å². The van der Waals surface area contributed by atoms with Gasteiger partial charge in [0.2, 0.25) is 0 Å². The van der Waals surface area contributed by atoms with Crippen LogP contribution in [0.2, 0.25) is 0 Å². The van der Waals surface area contributed by atoms with E-state index in [-0.39, 0.29) is 0 Å². The second kappa shape index (κ2) is 12.1. The fraction of sp³-hybridized carbons (Fsp3) is 0. The van der Waals surface area contributed by atoms with Crippen LogP contribution in [0.1, 0.15) is 0 Å². The molecule has 11 rings (SSSR count). The highest BCUT2D eigenvalue weighted by Crippen LogP contribution is 2.41. The van der Waals surface area contributed by atoms with Gasteiger partial charge in [0.1, 0.15) is 11.2 Å². The number of aromatic nitrogens is 4. The maximum atomic E-state index is 6.31. The van der Waals surface area contributed by atoms with E-state index in [0.29, 0.717) is 17.5 Å². The first-order valence-corrected chi connectivity index (χ1v) is 18.1. The average molecular weight is 691 g/mol. The molecular weight excluding hydrogens is 661 g/mol. The summed E-state index contributed by atoms with van der Waals surface area (Å²) >= 11 is 0. The molecule has 252 valence electrons. The lowest BCUT2D eigenvalue weighted by Crippen LogP contribution is -2.01. The minimum absolute atomic E-state index is 0.584. The number of fused-ring (bicyclic) bond motifs is 8. The Labute approximate surface area is 310 Å². The molecule has 0 saturated heterocycles. The quantitative estimate of drug-likeness (QED) is 0.180. The largest absolute Gasteiger partial charge is 0.456 e. The fourth-order valence-electron chi connectivity index (χ4n) is 7.92. The minimum Gasteiger partial charge on any atom is -0.456 e. The summed E-state index contributed by atoms with van der Waals surface area (Å²) in [5.41, 5.74) is 10.1. The van der Waals surface area contributed by atoms with E-state index in [1.54, 1.807) is 0 Å². The molecule has 3 heterocycles. The highest BCUT2D eigenvalue weighted by Gasteiger charge is 2.21. The topological polar surface area (TPSA) is 56.7 Å². The van der Waals surface area contributed by atoms with Crippen molar-refractivity contribution in [3.63, 3.8) is 0 Å². The first-order valence-electron chi connectivity index (χ1n) is 18.1. The van der Waals surface area contributed by atoms with Gasteiger partial charge in [-0.25, -0.2) is 15.0 Å². The van der Waals surface area contributed by atoms with Crippen molar-refractivity contribution >= 4 is 54.5 Å². The van der Waals surface area contributed by atoms with Gasteiger partial charge in [-0.15, -0.1) is 0 Å². The smallest absolute Gasteiger partial charge is 0.164 e. The summed E-state index contributed by atoms with van der Waals surface area (Å²) in [5.74, 6) is 1.80. The molecule has 5 heteroatoms. The van der Waals surface area contributed by atoms with Crippen LogP contribution in [-0.4, -0.2) is 19.5 Å². The van der Waals surface area contributed by atoms with Crippen LogP contribution in [0.15, 0.2) is 186 Å². The highest BCUT2D eigenvalue weighted by molar-refractivity contribution is 6.21. The predicted molar refractivity (Wildman–Crippen MR) is 221 cm³/mol. The SMILES string of the molecule is c1ccc(-c2ccc(-c3nc(-c4ccc5c(c4)oc4ccccc45)nc(-c4cc5c6ccccc6n(-c6ccccc6)c5c5ccccc45)n3)cc2)cc1. The maximum Gasteiger partial charge on any atom is 0.164 e. The fourth-order valence-corrected chi connectivity index (χ4v) is 7.92. The molecule has 0 spiro atoms. The van der Waals surface area contributed by atoms with Crippen LogP contribution in [-0.2, 0) is 0 Å². The molecule has 0 atom stereocenters.